The molecular weight excluding hydrogens is 435 g/mol. The number of pyridine rings is 2. The number of nitrogens with zero attached hydrogens (tertiary/aromatic N) is 4. The normalized spacial score (nSPS) is 12.3. The highest BCUT2D eigenvalue weighted by atomic mass is 19.4. The van der Waals surface area contributed by atoms with Crippen LogP contribution in [-0.4, -0.2) is 32.6 Å². The smallest absolute Gasteiger partial charge is 0.406 e. The molecule has 4 aromatic rings. The van der Waals surface area contributed by atoms with Gasteiger partial charge in [-0.25, -0.2) is 0 Å². The van der Waals surface area contributed by atoms with Gasteiger partial charge < -0.3 is 9.47 Å². The summed E-state index contributed by atoms with van der Waals surface area (Å²) < 4.78 is 76.6. The van der Waals surface area contributed by atoms with E-state index in [4.69, 9.17) is 4.74 Å². The van der Waals surface area contributed by atoms with E-state index in [1.807, 2.05) is 0 Å². The molecular formula is C21H15F5N4O2. The lowest BCUT2D eigenvalue weighted by Crippen LogP contribution is -2.24. The van der Waals surface area contributed by atoms with E-state index in [1.54, 1.807) is 24.3 Å². The fourth-order valence-electron chi connectivity index (χ4n) is 2.99. The van der Waals surface area contributed by atoms with E-state index in [0.29, 0.717) is 16.8 Å². The second-order valence-corrected chi connectivity index (χ2v) is 6.76. The van der Waals surface area contributed by atoms with E-state index in [0.717, 1.165) is 16.5 Å². The minimum absolute atomic E-state index is 0.0925. The van der Waals surface area contributed by atoms with Crippen LogP contribution in [-0.2, 0) is 17.3 Å². The zero-order valence-corrected chi connectivity index (χ0v) is 16.3. The predicted molar refractivity (Wildman–Crippen MR) is 103 cm³/mol. The Labute approximate surface area is 178 Å². The van der Waals surface area contributed by atoms with Crippen molar-refractivity contribution in [1.29, 1.82) is 0 Å². The quantitative estimate of drug-likeness (QED) is 0.371. The number of benzene rings is 1. The molecule has 0 fully saturated rings. The molecule has 3 heterocycles. The minimum atomic E-state index is -4.80. The number of rotatable bonds is 7. The average Bonchev–Trinajstić information content (AvgIpc) is 3.18. The van der Waals surface area contributed by atoms with Crippen molar-refractivity contribution in [1.82, 2.24) is 19.6 Å². The van der Waals surface area contributed by atoms with Crippen LogP contribution >= 0.6 is 0 Å². The maximum atomic E-state index is 14.8. The van der Waals surface area contributed by atoms with Crippen molar-refractivity contribution in [3.63, 3.8) is 0 Å². The van der Waals surface area contributed by atoms with Crippen LogP contribution < -0.4 is 4.74 Å². The number of alkyl halides is 5. The molecule has 0 amide bonds. The molecule has 4 rings (SSSR count). The van der Waals surface area contributed by atoms with E-state index in [1.165, 1.54) is 30.6 Å². The van der Waals surface area contributed by atoms with E-state index >= 15 is 0 Å². The monoisotopic (exact) mass is 450 g/mol. The van der Waals surface area contributed by atoms with Crippen LogP contribution in [0.5, 0.6) is 5.75 Å². The highest BCUT2D eigenvalue weighted by molar-refractivity contribution is 5.65. The first-order chi connectivity index (χ1) is 15.2. The Kier molecular flexibility index (Phi) is 5.74. The van der Waals surface area contributed by atoms with Gasteiger partial charge in [0.2, 0.25) is 5.82 Å². The lowest BCUT2D eigenvalue weighted by atomic mass is 10.1. The summed E-state index contributed by atoms with van der Waals surface area (Å²) in [5.74, 6) is -4.45. The molecule has 0 aliphatic heterocycles. The van der Waals surface area contributed by atoms with Crippen LogP contribution in [0.4, 0.5) is 22.0 Å². The average molecular weight is 450 g/mol. The maximum absolute atomic E-state index is 14.8. The molecule has 0 bridgehead atoms. The molecule has 32 heavy (non-hydrogen) atoms. The fraction of sp³-hybridized carbons (Fsp3) is 0.190. The van der Waals surface area contributed by atoms with Crippen LogP contribution in [0, 0.1) is 0 Å². The third-order valence-electron chi connectivity index (χ3n) is 4.41. The summed E-state index contributed by atoms with van der Waals surface area (Å²) in [6, 6.07) is 13.2. The molecule has 0 spiro atoms. The van der Waals surface area contributed by atoms with Gasteiger partial charge in [0.05, 0.1) is 12.3 Å². The lowest BCUT2D eigenvalue weighted by molar-refractivity contribution is -0.274. The van der Waals surface area contributed by atoms with E-state index in [-0.39, 0.29) is 18.0 Å². The Balaban J connectivity index is 1.54. The Morgan fingerprint density at radius 3 is 2.28 bits per heavy atom. The van der Waals surface area contributed by atoms with Gasteiger partial charge >= 0.3 is 12.3 Å². The van der Waals surface area contributed by atoms with Crippen molar-refractivity contribution in [2.45, 2.75) is 18.9 Å². The van der Waals surface area contributed by atoms with Gasteiger partial charge in [-0.2, -0.15) is 8.78 Å². The van der Waals surface area contributed by atoms with Gasteiger partial charge in [-0.15, -0.1) is 23.4 Å². The first-order valence-corrected chi connectivity index (χ1v) is 9.28. The number of hydrogen-bond acceptors (Lipinski definition) is 5. The standard InChI is InChI=1S/C21H15F5N4O2/c22-20(23,13-31-12-16-3-1-2-10-27-16)19-29-28-18-9-6-15(11-30(18)19)14-4-7-17(8-5-14)32-21(24,25)26/h1-11H,12-13H2. The van der Waals surface area contributed by atoms with Crippen molar-refractivity contribution in [2.24, 2.45) is 0 Å². The van der Waals surface area contributed by atoms with Crippen molar-refractivity contribution >= 4 is 5.65 Å². The van der Waals surface area contributed by atoms with Gasteiger partial charge in [0.25, 0.3) is 0 Å². The number of ether oxygens (including phenoxy) is 2. The molecule has 0 saturated carbocycles. The van der Waals surface area contributed by atoms with Crippen LogP contribution in [0.25, 0.3) is 16.8 Å². The molecule has 0 atom stereocenters. The second kappa shape index (κ2) is 8.50. The van der Waals surface area contributed by atoms with E-state index in [2.05, 4.69) is 19.9 Å². The fourth-order valence-corrected chi connectivity index (χ4v) is 2.99. The van der Waals surface area contributed by atoms with E-state index < -0.39 is 24.7 Å². The Morgan fingerprint density at radius 2 is 1.59 bits per heavy atom. The SMILES string of the molecule is FC(F)(F)Oc1ccc(-c2ccc3nnc(C(F)(F)COCc4ccccn4)n3c2)cc1. The lowest BCUT2D eigenvalue weighted by Gasteiger charge is -2.15. The third kappa shape index (κ3) is 4.99. The summed E-state index contributed by atoms with van der Waals surface area (Å²) in [6.45, 7) is -1.02. The largest absolute Gasteiger partial charge is 0.573 e. The summed E-state index contributed by atoms with van der Waals surface area (Å²) in [6.07, 6.45) is -1.88. The zero-order chi connectivity index (χ0) is 22.8. The molecule has 0 radical (unpaired) electrons. The van der Waals surface area contributed by atoms with Gasteiger partial charge in [0, 0.05) is 12.4 Å². The Hall–Kier alpha value is -3.60. The molecule has 0 saturated heterocycles. The zero-order valence-electron chi connectivity index (χ0n) is 16.3. The summed E-state index contributed by atoms with van der Waals surface area (Å²) in [7, 11) is 0. The number of hydrogen-bond donors (Lipinski definition) is 0. The molecule has 1 aromatic carbocycles. The van der Waals surface area contributed by atoms with Crippen molar-refractivity contribution in [2.75, 3.05) is 6.61 Å². The summed E-state index contributed by atoms with van der Waals surface area (Å²) in [5, 5.41) is 7.36. The number of aromatic nitrogens is 4. The van der Waals surface area contributed by atoms with Crippen LogP contribution in [0.3, 0.4) is 0 Å². The molecule has 6 nitrogen and oxygen atoms in total. The molecule has 0 unspecified atom stereocenters. The Morgan fingerprint density at radius 1 is 0.844 bits per heavy atom. The Bertz CT molecular complexity index is 1190. The van der Waals surface area contributed by atoms with Crippen molar-refractivity contribution in [3.8, 4) is 16.9 Å². The molecule has 0 aliphatic rings. The van der Waals surface area contributed by atoms with E-state index in [9.17, 15) is 22.0 Å². The number of halogens is 5. The first kappa shape index (κ1) is 21.6. The molecule has 0 N–H and O–H groups in total. The summed E-state index contributed by atoms with van der Waals surface area (Å²) >= 11 is 0. The summed E-state index contributed by atoms with van der Waals surface area (Å²) in [4.78, 5) is 4.01. The molecule has 3 aromatic heterocycles. The highest BCUT2D eigenvalue weighted by Gasteiger charge is 2.37. The van der Waals surface area contributed by atoms with Crippen LogP contribution in [0.2, 0.25) is 0 Å². The maximum Gasteiger partial charge on any atom is 0.573 e. The second-order valence-electron chi connectivity index (χ2n) is 6.76. The third-order valence-corrected chi connectivity index (χ3v) is 4.41. The highest BCUT2D eigenvalue weighted by Crippen LogP contribution is 2.30. The molecule has 166 valence electrons. The van der Waals surface area contributed by atoms with Gasteiger partial charge in [-0.05, 0) is 47.5 Å². The first-order valence-electron chi connectivity index (χ1n) is 9.28. The van der Waals surface area contributed by atoms with Crippen LogP contribution in [0.1, 0.15) is 11.5 Å². The predicted octanol–water partition coefficient (Wildman–Crippen LogP) is 5.00. The van der Waals surface area contributed by atoms with Crippen molar-refractivity contribution in [3.05, 3.63) is 78.5 Å². The topological polar surface area (TPSA) is 61.5 Å². The molecule has 0 aliphatic carbocycles. The van der Waals surface area contributed by atoms with Gasteiger partial charge in [-0.1, -0.05) is 18.2 Å². The van der Waals surface area contributed by atoms with Gasteiger partial charge in [0.1, 0.15) is 12.4 Å². The van der Waals surface area contributed by atoms with Gasteiger partial charge in [-0.3, -0.25) is 9.38 Å². The summed E-state index contributed by atoms with van der Waals surface area (Å²) in [5.41, 5.74) is 1.66. The molecule has 11 heteroatoms. The minimum Gasteiger partial charge on any atom is -0.406 e. The van der Waals surface area contributed by atoms with Crippen LogP contribution in [0.15, 0.2) is 67.0 Å². The van der Waals surface area contributed by atoms with Gasteiger partial charge in [0.15, 0.2) is 5.65 Å². The van der Waals surface area contributed by atoms with Crippen molar-refractivity contribution < 1.29 is 31.4 Å². The number of fused-ring (bicyclic) bond motifs is 1.